The fraction of sp³-hybridized carbons (Fsp3) is 0.941. The first-order chi connectivity index (χ1) is 9.77. The number of hydrogen-bond donors (Lipinski definition) is 0. The van der Waals surface area contributed by atoms with Gasteiger partial charge in [-0.25, -0.2) is 0 Å². The Kier molecular flexibility index (Phi) is 10.3. The highest BCUT2D eigenvalue weighted by molar-refractivity contribution is 8.07. The van der Waals surface area contributed by atoms with Gasteiger partial charge in [-0.1, -0.05) is 58.3 Å². The molecule has 0 spiro atoms. The quantitative estimate of drug-likeness (QED) is 0.261. The maximum Gasteiger partial charge on any atom is 0.305 e. The van der Waals surface area contributed by atoms with Gasteiger partial charge in [0.25, 0.3) is 0 Å². The second kappa shape index (κ2) is 11.5. The van der Waals surface area contributed by atoms with E-state index in [4.69, 9.17) is 0 Å². The molecule has 20 heavy (non-hydrogen) atoms. The molecule has 0 radical (unpaired) electrons. The van der Waals surface area contributed by atoms with Gasteiger partial charge in [0.2, 0.25) is 0 Å². The maximum atomic E-state index is 10.9. The Labute approximate surface area is 129 Å². The van der Waals surface area contributed by atoms with Crippen molar-refractivity contribution in [3.63, 3.8) is 0 Å². The average Bonchev–Trinajstić information content (AvgIpc) is 3.20. The first-order valence-corrected chi connectivity index (χ1v) is 9.44. The Morgan fingerprint density at radius 3 is 2.05 bits per heavy atom. The zero-order valence-corrected chi connectivity index (χ0v) is 14.2. The molecule has 1 saturated heterocycles. The van der Waals surface area contributed by atoms with Gasteiger partial charge in [0.05, 0.1) is 7.11 Å². The van der Waals surface area contributed by atoms with E-state index in [-0.39, 0.29) is 5.97 Å². The van der Waals surface area contributed by atoms with Gasteiger partial charge >= 0.3 is 5.97 Å². The molecule has 0 aliphatic carbocycles. The number of carbonyl (C=O) groups excluding carboxylic acids is 1. The van der Waals surface area contributed by atoms with Crippen LogP contribution in [0.5, 0.6) is 0 Å². The summed E-state index contributed by atoms with van der Waals surface area (Å²) in [6.07, 6.45) is 15.2. The molecule has 0 aromatic heterocycles. The van der Waals surface area contributed by atoms with Crippen LogP contribution >= 0.6 is 11.8 Å². The molecule has 0 N–H and O–H groups in total. The summed E-state index contributed by atoms with van der Waals surface area (Å²) < 4.78 is 4.63. The number of thioether (sulfide) groups is 1. The minimum absolute atomic E-state index is 0.0649. The van der Waals surface area contributed by atoms with E-state index in [0.29, 0.717) is 6.42 Å². The molecule has 0 aromatic carbocycles. The number of rotatable bonds is 13. The van der Waals surface area contributed by atoms with Gasteiger partial charge in [-0.3, -0.25) is 4.79 Å². The van der Waals surface area contributed by atoms with E-state index in [9.17, 15) is 4.79 Å². The van der Waals surface area contributed by atoms with Crippen LogP contribution in [0.25, 0.3) is 0 Å². The molecule has 0 saturated carbocycles. The highest BCUT2D eigenvalue weighted by Crippen LogP contribution is 2.47. The molecular weight excluding hydrogens is 268 g/mol. The van der Waals surface area contributed by atoms with E-state index in [2.05, 4.69) is 23.4 Å². The molecule has 2 atom stereocenters. The van der Waals surface area contributed by atoms with E-state index in [1.54, 1.807) is 0 Å². The number of hydrogen-bond acceptors (Lipinski definition) is 3. The van der Waals surface area contributed by atoms with Crippen LogP contribution in [0.3, 0.4) is 0 Å². The Hall–Kier alpha value is -0.180. The molecule has 1 aliphatic heterocycles. The van der Waals surface area contributed by atoms with E-state index in [0.717, 1.165) is 16.9 Å². The first kappa shape index (κ1) is 17.9. The normalized spacial score (nSPS) is 20.9. The van der Waals surface area contributed by atoms with Crippen LogP contribution in [0, 0.1) is 0 Å². The lowest BCUT2D eigenvalue weighted by Crippen LogP contribution is -1.99. The molecule has 0 amide bonds. The summed E-state index contributed by atoms with van der Waals surface area (Å²) in [5.74, 6) is -0.0649. The Bertz CT molecular complexity index is 255. The van der Waals surface area contributed by atoms with Crippen molar-refractivity contribution in [3.05, 3.63) is 0 Å². The van der Waals surface area contributed by atoms with Gasteiger partial charge in [-0.05, 0) is 19.3 Å². The average molecular weight is 301 g/mol. The molecule has 0 bridgehead atoms. The summed E-state index contributed by atoms with van der Waals surface area (Å²) in [4.78, 5) is 10.9. The Morgan fingerprint density at radius 1 is 0.900 bits per heavy atom. The van der Waals surface area contributed by atoms with E-state index in [1.807, 2.05) is 0 Å². The van der Waals surface area contributed by atoms with Crippen molar-refractivity contribution < 1.29 is 9.53 Å². The summed E-state index contributed by atoms with van der Waals surface area (Å²) in [5, 5.41) is 1.99. The number of carbonyl (C=O) groups is 1. The van der Waals surface area contributed by atoms with E-state index in [1.165, 1.54) is 71.3 Å². The summed E-state index contributed by atoms with van der Waals surface area (Å²) in [5.41, 5.74) is 0. The molecule has 2 unspecified atom stereocenters. The third-order valence-electron chi connectivity index (χ3n) is 4.13. The largest absolute Gasteiger partial charge is 0.469 e. The molecule has 1 rings (SSSR count). The maximum absolute atomic E-state index is 10.9. The van der Waals surface area contributed by atoms with Crippen molar-refractivity contribution in [2.75, 3.05) is 7.11 Å². The van der Waals surface area contributed by atoms with Gasteiger partial charge in [0.1, 0.15) is 0 Å². The Balaban J connectivity index is 1.77. The zero-order valence-electron chi connectivity index (χ0n) is 13.4. The van der Waals surface area contributed by atoms with E-state index < -0.39 is 0 Å². The van der Waals surface area contributed by atoms with Crippen LogP contribution < -0.4 is 0 Å². The summed E-state index contributed by atoms with van der Waals surface area (Å²) in [6.45, 7) is 2.28. The predicted molar refractivity (Wildman–Crippen MR) is 88.3 cm³/mol. The molecule has 2 nitrogen and oxygen atoms in total. The van der Waals surface area contributed by atoms with E-state index >= 15 is 0 Å². The lowest BCUT2D eigenvalue weighted by atomic mass is 10.0. The van der Waals surface area contributed by atoms with Crippen LogP contribution in [0.15, 0.2) is 0 Å². The van der Waals surface area contributed by atoms with Crippen LogP contribution in [-0.2, 0) is 9.53 Å². The van der Waals surface area contributed by atoms with Crippen LogP contribution in [-0.4, -0.2) is 23.6 Å². The van der Waals surface area contributed by atoms with Gasteiger partial charge in [-0.2, -0.15) is 11.8 Å². The highest BCUT2D eigenvalue weighted by atomic mass is 32.2. The third kappa shape index (κ3) is 8.89. The molecule has 1 fully saturated rings. The minimum atomic E-state index is -0.0649. The summed E-state index contributed by atoms with van der Waals surface area (Å²) in [6, 6.07) is 0. The minimum Gasteiger partial charge on any atom is -0.469 e. The fourth-order valence-corrected chi connectivity index (χ4v) is 3.94. The molecular formula is C17H32O2S. The molecule has 1 heterocycles. The fourth-order valence-electron chi connectivity index (χ4n) is 2.71. The lowest BCUT2D eigenvalue weighted by Gasteiger charge is -2.02. The van der Waals surface area contributed by atoms with Crippen molar-refractivity contribution in [3.8, 4) is 0 Å². The predicted octanol–water partition coefficient (Wildman–Crippen LogP) is 5.34. The monoisotopic (exact) mass is 300 g/mol. The molecule has 118 valence electrons. The summed E-state index contributed by atoms with van der Waals surface area (Å²) >= 11 is 2.21. The van der Waals surface area contributed by atoms with Crippen molar-refractivity contribution in [1.29, 1.82) is 0 Å². The smallest absolute Gasteiger partial charge is 0.305 e. The first-order valence-electron chi connectivity index (χ1n) is 8.50. The van der Waals surface area contributed by atoms with Gasteiger partial charge in [0, 0.05) is 16.9 Å². The number of methoxy groups -OCH3 is 1. The second-order valence-corrected chi connectivity index (χ2v) is 7.43. The van der Waals surface area contributed by atoms with Crippen LogP contribution in [0.4, 0.5) is 0 Å². The molecule has 1 aliphatic rings. The second-order valence-electron chi connectivity index (χ2n) is 5.94. The SMILES string of the molecule is CCCCCC1SC1CCCCCCCCC(=O)OC. The standard InChI is InChI=1S/C17H32O2S/c1-3-4-9-12-15-16(20-15)13-10-7-5-6-8-11-14-17(18)19-2/h15-16H,3-14H2,1-2H3. The topological polar surface area (TPSA) is 26.3 Å². The van der Waals surface area contributed by atoms with Crippen molar-refractivity contribution in [1.82, 2.24) is 0 Å². The number of unbranched alkanes of at least 4 members (excludes halogenated alkanes) is 7. The van der Waals surface area contributed by atoms with Crippen molar-refractivity contribution in [2.24, 2.45) is 0 Å². The van der Waals surface area contributed by atoms with Gasteiger partial charge in [0.15, 0.2) is 0 Å². The lowest BCUT2D eigenvalue weighted by molar-refractivity contribution is -0.140. The number of esters is 1. The van der Waals surface area contributed by atoms with Gasteiger partial charge < -0.3 is 4.74 Å². The van der Waals surface area contributed by atoms with Gasteiger partial charge in [-0.15, -0.1) is 0 Å². The van der Waals surface area contributed by atoms with Crippen LogP contribution in [0.2, 0.25) is 0 Å². The molecule has 0 aromatic rings. The zero-order chi connectivity index (χ0) is 14.6. The highest BCUT2D eigenvalue weighted by Gasteiger charge is 2.36. The third-order valence-corrected chi connectivity index (χ3v) is 5.64. The Morgan fingerprint density at radius 2 is 1.45 bits per heavy atom. The summed E-state index contributed by atoms with van der Waals surface area (Å²) in [7, 11) is 1.47. The molecule has 3 heteroatoms. The number of ether oxygens (including phenoxy) is 1. The van der Waals surface area contributed by atoms with Crippen molar-refractivity contribution in [2.45, 2.75) is 94.5 Å². The van der Waals surface area contributed by atoms with Crippen LogP contribution in [0.1, 0.15) is 84.0 Å². The van der Waals surface area contributed by atoms with Crippen molar-refractivity contribution >= 4 is 17.7 Å².